The number of likely N-dealkylation sites (tertiary alicyclic amines) is 1. The molecule has 1 aromatic rings. The molecule has 1 aromatic heterocycles. The van der Waals surface area contributed by atoms with Crippen LogP contribution >= 0.6 is 0 Å². The topological polar surface area (TPSA) is 54.3 Å². The maximum absolute atomic E-state index is 14.0. The van der Waals surface area contributed by atoms with Crippen LogP contribution in [0.5, 0.6) is 0 Å². The van der Waals surface area contributed by atoms with E-state index < -0.39 is 17.4 Å². The molecule has 6 heteroatoms. The maximum Gasteiger partial charge on any atom is 0.272 e. The first-order chi connectivity index (χ1) is 8.94. The number of nitrogens with zero attached hydrogens (tertiary/aromatic N) is 2. The highest BCUT2D eigenvalue weighted by atomic mass is 19.1. The summed E-state index contributed by atoms with van der Waals surface area (Å²) in [4.78, 5) is 26.4. The number of amides is 1. The fraction of sp³-hybridized carbons (Fsp3) is 0.538. The Morgan fingerprint density at radius 2 is 1.95 bits per heavy atom. The molecule has 0 aliphatic carbocycles. The van der Waals surface area contributed by atoms with Crippen LogP contribution in [-0.2, 0) is 5.66 Å². The highest BCUT2D eigenvalue weighted by molar-refractivity contribution is 5.95. The zero-order valence-electron chi connectivity index (χ0n) is 11.0. The molecular weight excluding hydrogens is 249 g/mol. The van der Waals surface area contributed by atoms with Gasteiger partial charge in [0.15, 0.2) is 5.82 Å². The van der Waals surface area contributed by atoms with Crippen LogP contribution < -0.4 is 10.9 Å². The predicted molar refractivity (Wildman–Crippen MR) is 67.6 cm³/mol. The number of piperidine rings is 1. The number of pyridine rings is 1. The summed E-state index contributed by atoms with van der Waals surface area (Å²) in [5, 5.41) is 2.82. The van der Waals surface area contributed by atoms with Gasteiger partial charge in [0.1, 0.15) is 11.4 Å². The van der Waals surface area contributed by atoms with Crippen molar-refractivity contribution in [3.8, 4) is 0 Å². The van der Waals surface area contributed by atoms with E-state index in [9.17, 15) is 14.0 Å². The summed E-state index contributed by atoms with van der Waals surface area (Å²) in [6.07, 6.45) is 1.23. The van der Waals surface area contributed by atoms with Crippen LogP contribution in [0.25, 0.3) is 0 Å². The number of carbonyl (C=O) groups is 1. The lowest BCUT2D eigenvalue weighted by Gasteiger charge is -2.38. The highest BCUT2D eigenvalue weighted by Gasteiger charge is 2.46. The second-order valence-corrected chi connectivity index (χ2v) is 5.45. The molecule has 0 radical (unpaired) electrons. The van der Waals surface area contributed by atoms with Gasteiger partial charge in [-0.1, -0.05) is 0 Å². The molecule has 0 bridgehead atoms. The van der Waals surface area contributed by atoms with Crippen LogP contribution in [0.2, 0.25) is 0 Å². The van der Waals surface area contributed by atoms with E-state index in [4.69, 9.17) is 0 Å². The summed E-state index contributed by atoms with van der Waals surface area (Å²) in [6, 6.07) is 1.14. The molecule has 1 spiro atoms. The normalized spacial score (nSPS) is 21.5. The van der Waals surface area contributed by atoms with Crippen molar-refractivity contribution in [1.82, 2.24) is 14.8 Å². The van der Waals surface area contributed by atoms with Crippen molar-refractivity contribution >= 4 is 5.91 Å². The van der Waals surface area contributed by atoms with Gasteiger partial charge in [0.25, 0.3) is 11.5 Å². The molecule has 3 rings (SSSR count). The van der Waals surface area contributed by atoms with Gasteiger partial charge in [0, 0.05) is 31.5 Å². The zero-order chi connectivity index (χ0) is 13.8. The van der Waals surface area contributed by atoms with Crippen LogP contribution in [-0.4, -0.2) is 35.5 Å². The van der Waals surface area contributed by atoms with Crippen LogP contribution in [0.15, 0.2) is 10.9 Å². The number of aromatic nitrogens is 1. The Kier molecular flexibility index (Phi) is 2.53. The first-order valence-electron chi connectivity index (χ1n) is 6.38. The summed E-state index contributed by atoms with van der Waals surface area (Å²) in [5.41, 5.74) is -0.821. The van der Waals surface area contributed by atoms with Gasteiger partial charge in [-0.15, -0.1) is 0 Å². The zero-order valence-corrected chi connectivity index (χ0v) is 11.0. The largest absolute Gasteiger partial charge is 0.327 e. The molecule has 5 nitrogen and oxygen atoms in total. The number of hydrogen-bond donors (Lipinski definition) is 1. The van der Waals surface area contributed by atoms with Gasteiger partial charge in [0.2, 0.25) is 0 Å². The fourth-order valence-corrected chi connectivity index (χ4v) is 2.99. The Morgan fingerprint density at radius 1 is 1.32 bits per heavy atom. The number of rotatable bonds is 0. The minimum Gasteiger partial charge on any atom is -0.327 e. The molecule has 0 saturated carbocycles. The van der Waals surface area contributed by atoms with E-state index in [-0.39, 0.29) is 11.3 Å². The van der Waals surface area contributed by atoms with Gasteiger partial charge >= 0.3 is 0 Å². The first kappa shape index (κ1) is 12.3. The summed E-state index contributed by atoms with van der Waals surface area (Å²) in [6.45, 7) is 3.10. The Hall–Kier alpha value is -1.69. The highest BCUT2D eigenvalue weighted by Crippen LogP contribution is 2.32. The molecule has 0 atom stereocenters. The molecule has 1 fully saturated rings. The molecule has 0 unspecified atom stereocenters. The lowest BCUT2D eigenvalue weighted by molar-refractivity contribution is 0.0798. The van der Waals surface area contributed by atoms with E-state index in [1.807, 2.05) is 7.05 Å². The molecule has 1 saturated heterocycles. The van der Waals surface area contributed by atoms with Crippen molar-refractivity contribution in [2.45, 2.75) is 25.4 Å². The van der Waals surface area contributed by atoms with Gasteiger partial charge in [-0.05, 0) is 20.0 Å². The van der Waals surface area contributed by atoms with Gasteiger partial charge in [0.05, 0.1) is 0 Å². The van der Waals surface area contributed by atoms with Crippen LogP contribution in [0.1, 0.15) is 28.9 Å². The van der Waals surface area contributed by atoms with Crippen molar-refractivity contribution in [1.29, 1.82) is 0 Å². The van der Waals surface area contributed by atoms with E-state index in [0.29, 0.717) is 18.4 Å². The summed E-state index contributed by atoms with van der Waals surface area (Å²) >= 11 is 0. The Bertz CT molecular complexity index is 615. The molecule has 2 aliphatic rings. The lowest BCUT2D eigenvalue weighted by Crippen LogP contribution is -2.54. The maximum atomic E-state index is 14.0. The van der Waals surface area contributed by atoms with Gasteiger partial charge in [-0.25, -0.2) is 4.39 Å². The van der Waals surface area contributed by atoms with Crippen molar-refractivity contribution in [2.75, 3.05) is 20.1 Å². The smallest absolute Gasteiger partial charge is 0.272 e. The predicted octanol–water partition coefficient (Wildman–Crippen LogP) is 0.418. The molecule has 2 aliphatic heterocycles. The Balaban J connectivity index is 2.21. The summed E-state index contributed by atoms with van der Waals surface area (Å²) in [5.74, 6) is -1.11. The van der Waals surface area contributed by atoms with E-state index in [1.54, 1.807) is 6.92 Å². The fourth-order valence-electron chi connectivity index (χ4n) is 2.99. The van der Waals surface area contributed by atoms with E-state index in [0.717, 1.165) is 19.2 Å². The number of aryl methyl sites for hydroxylation is 1. The third kappa shape index (κ3) is 1.63. The van der Waals surface area contributed by atoms with Crippen LogP contribution in [0, 0.1) is 12.7 Å². The van der Waals surface area contributed by atoms with Crippen molar-refractivity contribution < 1.29 is 9.18 Å². The van der Waals surface area contributed by atoms with Crippen molar-refractivity contribution in [2.24, 2.45) is 0 Å². The SMILES string of the molecule is Cc1cc(F)c2n(c1=O)C1(CCN(C)CC1)NC2=O. The monoisotopic (exact) mass is 265 g/mol. The third-order valence-electron chi connectivity index (χ3n) is 4.14. The molecular formula is C13H16FN3O2. The minimum absolute atomic E-state index is 0.125. The molecule has 1 N–H and O–H groups in total. The number of nitrogens with one attached hydrogen (secondary N) is 1. The first-order valence-corrected chi connectivity index (χ1v) is 6.38. The molecule has 102 valence electrons. The molecule has 1 amide bonds. The van der Waals surface area contributed by atoms with E-state index >= 15 is 0 Å². The summed E-state index contributed by atoms with van der Waals surface area (Å²) in [7, 11) is 1.99. The van der Waals surface area contributed by atoms with E-state index in [2.05, 4.69) is 10.2 Å². The third-order valence-corrected chi connectivity index (χ3v) is 4.14. The van der Waals surface area contributed by atoms with Crippen molar-refractivity contribution in [3.05, 3.63) is 33.5 Å². The summed E-state index contributed by atoms with van der Waals surface area (Å²) < 4.78 is 15.3. The van der Waals surface area contributed by atoms with Gasteiger partial charge in [-0.2, -0.15) is 0 Å². The quantitative estimate of drug-likeness (QED) is 0.739. The average molecular weight is 265 g/mol. The average Bonchev–Trinajstić information content (AvgIpc) is 2.64. The Morgan fingerprint density at radius 3 is 2.58 bits per heavy atom. The Labute approximate surface area is 110 Å². The molecule has 3 heterocycles. The lowest BCUT2D eigenvalue weighted by atomic mass is 9.97. The van der Waals surface area contributed by atoms with Crippen molar-refractivity contribution in [3.63, 3.8) is 0 Å². The van der Waals surface area contributed by atoms with Gasteiger partial charge < -0.3 is 10.2 Å². The number of halogens is 1. The minimum atomic E-state index is -0.747. The van der Waals surface area contributed by atoms with E-state index in [1.165, 1.54) is 4.57 Å². The standard InChI is InChI=1S/C13H16FN3O2/c1-8-7-9(14)10-11(18)15-13(17(10)12(8)19)3-5-16(2)6-4-13/h7H,3-6H2,1-2H3,(H,15,18). The molecule has 0 aromatic carbocycles. The van der Waals surface area contributed by atoms with Gasteiger partial charge in [-0.3, -0.25) is 14.2 Å². The van der Waals surface area contributed by atoms with Crippen LogP contribution in [0.3, 0.4) is 0 Å². The van der Waals surface area contributed by atoms with Crippen LogP contribution in [0.4, 0.5) is 4.39 Å². The second-order valence-electron chi connectivity index (χ2n) is 5.45. The number of hydrogen-bond acceptors (Lipinski definition) is 3. The second kappa shape index (κ2) is 3.90. The number of fused-ring (bicyclic) bond motifs is 2. The molecule has 19 heavy (non-hydrogen) atoms. The number of carbonyl (C=O) groups excluding carboxylic acids is 1.